The fourth-order valence-corrected chi connectivity index (χ4v) is 1.20. The maximum absolute atomic E-state index is 9.56. The molecule has 1 aromatic rings. The van der Waals surface area contributed by atoms with Gasteiger partial charge in [-0.05, 0) is 12.0 Å². The van der Waals surface area contributed by atoms with Crippen molar-refractivity contribution in [2.45, 2.75) is 32.3 Å². The highest BCUT2D eigenvalue weighted by Gasteiger charge is 1.99. The Kier molecular flexibility index (Phi) is 4.82. The smallest absolute Gasteiger partial charge is 0.118 e. The molecule has 1 unspecified atom stereocenters. The molecular weight excluding hydrogens is 172 g/mol. The van der Waals surface area contributed by atoms with Crippen LogP contribution in [0.25, 0.3) is 0 Å². The average molecular weight is 188 g/mol. The van der Waals surface area contributed by atoms with Crippen molar-refractivity contribution in [3.05, 3.63) is 35.9 Å². The number of hydrogen-bond donors (Lipinski definition) is 1. The van der Waals surface area contributed by atoms with E-state index in [1.807, 2.05) is 30.3 Å². The van der Waals surface area contributed by atoms with Crippen molar-refractivity contribution < 1.29 is 5.11 Å². The Morgan fingerprint density at radius 3 is 2.64 bits per heavy atom. The van der Waals surface area contributed by atoms with Crippen LogP contribution in [0.5, 0.6) is 0 Å². The lowest BCUT2D eigenvalue weighted by atomic mass is 10.1. The number of benzene rings is 1. The molecule has 74 valence electrons. The van der Waals surface area contributed by atoms with Crippen molar-refractivity contribution in [1.82, 2.24) is 0 Å². The van der Waals surface area contributed by atoms with Gasteiger partial charge in [-0.2, -0.15) is 0 Å². The van der Waals surface area contributed by atoms with E-state index in [0.717, 1.165) is 18.4 Å². The number of rotatable bonds is 3. The first-order chi connectivity index (χ1) is 6.83. The zero-order valence-corrected chi connectivity index (χ0v) is 8.53. The molecule has 1 nitrogen and oxygen atoms in total. The minimum Gasteiger partial charge on any atom is -0.380 e. The van der Waals surface area contributed by atoms with Gasteiger partial charge in [0.1, 0.15) is 6.10 Å². The number of hydrogen-bond acceptors (Lipinski definition) is 1. The van der Waals surface area contributed by atoms with Crippen LogP contribution in [0.1, 0.15) is 25.3 Å². The van der Waals surface area contributed by atoms with Crippen LogP contribution in [0, 0.1) is 11.8 Å². The lowest BCUT2D eigenvalue weighted by Crippen LogP contribution is -2.06. The summed E-state index contributed by atoms with van der Waals surface area (Å²) in [6, 6.07) is 9.93. The van der Waals surface area contributed by atoms with Crippen molar-refractivity contribution in [3.8, 4) is 11.8 Å². The fraction of sp³-hybridized carbons (Fsp3) is 0.385. The van der Waals surface area contributed by atoms with Crippen LogP contribution in [-0.4, -0.2) is 11.2 Å². The second-order valence-corrected chi connectivity index (χ2v) is 3.28. The topological polar surface area (TPSA) is 20.2 Å². The normalized spacial score (nSPS) is 11.6. The van der Waals surface area contributed by atoms with Gasteiger partial charge in [-0.25, -0.2) is 0 Å². The van der Waals surface area contributed by atoms with E-state index in [2.05, 4.69) is 18.8 Å². The molecule has 0 amide bonds. The third kappa shape index (κ3) is 4.11. The molecule has 1 N–H and O–H groups in total. The Bertz CT molecular complexity index is 305. The molecule has 14 heavy (non-hydrogen) atoms. The van der Waals surface area contributed by atoms with E-state index in [-0.39, 0.29) is 0 Å². The Hall–Kier alpha value is -1.26. The standard InChI is InChI=1S/C13H16O/c1-2-3-5-10-13(14)11-12-8-6-4-7-9-12/h4,6-9,13-14H,2-3,11H2,1H3. The predicted molar refractivity (Wildman–Crippen MR) is 58.8 cm³/mol. The minimum absolute atomic E-state index is 0.524. The van der Waals surface area contributed by atoms with Gasteiger partial charge in [0.15, 0.2) is 0 Å². The molecule has 0 heterocycles. The zero-order valence-electron chi connectivity index (χ0n) is 8.53. The maximum Gasteiger partial charge on any atom is 0.118 e. The molecule has 0 radical (unpaired) electrons. The molecule has 1 heteroatoms. The first-order valence-electron chi connectivity index (χ1n) is 5.03. The van der Waals surface area contributed by atoms with Gasteiger partial charge in [0, 0.05) is 12.8 Å². The van der Waals surface area contributed by atoms with Gasteiger partial charge in [-0.3, -0.25) is 0 Å². The van der Waals surface area contributed by atoms with Crippen molar-refractivity contribution >= 4 is 0 Å². The molecule has 0 saturated carbocycles. The molecule has 1 rings (SSSR count). The summed E-state index contributed by atoms with van der Waals surface area (Å²) in [5, 5.41) is 9.56. The van der Waals surface area contributed by atoms with Gasteiger partial charge in [0.2, 0.25) is 0 Å². The first kappa shape index (κ1) is 10.8. The molecule has 1 aromatic carbocycles. The van der Waals surface area contributed by atoms with E-state index >= 15 is 0 Å². The Labute approximate surface area is 85.8 Å². The van der Waals surface area contributed by atoms with Crippen LogP contribution in [0.4, 0.5) is 0 Å². The Balaban J connectivity index is 2.42. The van der Waals surface area contributed by atoms with Crippen LogP contribution in [-0.2, 0) is 6.42 Å². The van der Waals surface area contributed by atoms with Gasteiger partial charge < -0.3 is 5.11 Å². The molecule has 0 saturated heterocycles. The highest BCUT2D eigenvalue weighted by atomic mass is 16.3. The molecule has 0 fully saturated rings. The molecule has 0 aromatic heterocycles. The summed E-state index contributed by atoms with van der Waals surface area (Å²) >= 11 is 0. The number of aliphatic hydroxyl groups excluding tert-OH is 1. The monoisotopic (exact) mass is 188 g/mol. The molecule has 0 spiro atoms. The third-order valence-corrected chi connectivity index (χ3v) is 1.92. The molecular formula is C13H16O. The summed E-state index contributed by atoms with van der Waals surface area (Å²) in [6.45, 7) is 2.08. The summed E-state index contributed by atoms with van der Waals surface area (Å²) in [7, 11) is 0. The average Bonchev–Trinajstić information content (AvgIpc) is 2.20. The highest BCUT2D eigenvalue weighted by molar-refractivity contribution is 5.18. The SMILES string of the molecule is CCCC#CC(O)Cc1ccccc1. The van der Waals surface area contributed by atoms with E-state index in [1.165, 1.54) is 0 Å². The van der Waals surface area contributed by atoms with Crippen LogP contribution >= 0.6 is 0 Å². The van der Waals surface area contributed by atoms with Crippen molar-refractivity contribution in [1.29, 1.82) is 0 Å². The predicted octanol–water partition coefficient (Wildman–Crippen LogP) is 2.39. The second kappa shape index (κ2) is 6.23. The Morgan fingerprint density at radius 2 is 2.00 bits per heavy atom. The van der Waals surface area contributed by atoms with E-state index in [9.17, 15) is 5.11 Å². The van der Waals surface area contributed by atoms with E-state index in [4.69, 9.17) is 0 Å². The third-order valence-electron chi connectivity index (χ3n) is 1.92. The van der Waals surface area contributed by atoms with Gasteiger partial charge in [0.05, 0.1) is 0 Å². The minimum atomic E-state index is -0.524. The summed E-state index contributed by atoms with van der Waals surface area (Å²) in [6.07, 6.45) is 2.01. The summed E-state index contributed by atoms with van der Waals surface area (Å²) < 4.78 is 0. The van der Waals surface area contributed by atoms with Gasteiger partial charge in [-0.1, -0.05) is 43.2 Å². The summed E-state index contributed by atoms with van der Waals surface area (Å²) in [4.78, 5) is 0. The quantitative estimate of drug-likeness (QED) is 0.722. The maximum atomic E-state index is 9.56. The van der Waals surface area contributed by atoms with E-state index in [1.54, 1.807) is 0 Å². The van der Waals surface area contributed by atoms with Crippen molar-refractivity contribution in [2.24, 2.45) is 0 Å². The first-order valence-corrected chi connectivity index (χ1v) is 5.03. The largest absolute Gasteiger partial charge is 0.380 e. The number of aliphatic hydroxyl groups is 1. The fourth-order valence-electron chi connectivity index (χ4n) is 1.20. The van der Waals surface area contributed by atoms with E-state index < -0.39 is 6.10 Å². The van der Waals surface area contributed by atoms with Gasteiger partial charge in [0.25, 0.3) is 0 Å². The van der Waals surface area contributed by atoms with Crippen molar-refractivity contribution in [3.63, 3.8) is 0 Å². The number of unbranched alkanes of at least 4 members (excludes halogenated alkanes) is 1. The molecule has 1 atom stereocenters. The van der Waals surface area contributed by atoms with Crippen LogP contribution in [0.2, 0.25) is 0 Å². The van der Waals surface area contributed by atoms with E-state index in [0.29, 0.717) is 6.42 Å². The van der Waals surface area contributed by atoms with Crippen LogP contribution < -0.4 is 0 Å². The lowest BCUT2D eigenvalue weighted by molar-refractivity contribution is 0.233. The Morgan fingerprint density at radius 1 is 1.29 bits per heavy atom. The lowest BCUT2D eigenvalue weighted by Gasteiger charge is -2.02. The molecule has 0 aliphatic rings. The van der Waals surface area contributed by atoms with Gasteiger partial charge in [-0.15, -0.1) is 5.92 Å². The zero-order chi connectivity index (χ0) is 10.2. The summed E-state index contributed by atoms with van der Waals surface area (Å²) in [5.41, 5.74) is 1.13. The molecule has 0 bridgehead atoms. The summed E-state index contributed by atoms with van der Waals surface area (Å²) in [5.74, 6) is 5.79. The second-order valence-electron chi connectivity index (χ2n) is 3.28. The van der Waals surface area contributed by atoms with Crippen molar-refractivity contribution in [2.75, 3.05) is 0 Å². The molecule has 0 aliphatic carbocycles. The van der Waals surface area contributed by atoms with Crippen LogP contribution in [0.15, 0.2) is 30.3 Å². The van der Waals surface area contributed by atoms with Gasteiger partial charge >= 0.3 is 0 Å². The highest BCUT2D eigenvalue weighted by Crippen LogP contribution is 2.02. The van der Waals surface area contributed by atoms with Crippen LogP contribution in [0.3, 0.4) is 0 Å². The molecule has 0 aliphatic heterocycles.